The fourth-order valence-electron chi connectivity index (χ4n) is 14.4. The van der Waals surface area contributed by atoms with E-state index in [2.05, 4.69) is 226 Å². The zero-order chi connectivity index (χ0) is 48.4. The molecule has 0 bridgehead atoms. The molecule has 0 spiro atoms. The first-order valence-electron chi connectivity index (χ1n) is 25.5. The van der Waals surface area contributed by atoms with E-state index in [-0.39, 0.29) is 21.7 Å². The summed E-state index contributed by atoms with van der Waals surface area (Å²) in [6, 6.07) is 57.5. The topological polar surface area (TPSA) is 29.5 Å². The zero-order valence-electron chi connectivity index (χ0n) is 42.2. The second-order valence-electron chi connectivity index (χ2n) is 23.3. The Hall–Kier alpha value is -7.62. The summed E-state index contributed by atoms with van der Waals surface area (Å²) in [6.07, 6.45) is 0. The fourth-order valence-corrected chi connectivity index (χ4v) is 14.4. The molecule has 3 nitrogen and oxygen atoms in total. The molecule has 0 saturated carbocycles. The van der Waals surface area contributed by atoms with Gasteiger partial charge in [-0.3, -0.25) is 0 Å². The van der Waals surface area contributed by atoms with Crippen LogP contribution in [0.4, 0.5) is 17.1 Å². The lowest BCUT2D eigenvalue weighted by atomic mass is 9.79. The van der Waals surface area contributed by atoms with Crippen molar-refractivity contribution in [1.82, 2.24) is 0 Å². The van der Waals surface area contributed by atoms with Crippen molar-refractivity contribution in [2.75, 3.05) is 4.90 Å². The lowest BCUT2D eigenvalue weighted by molar-refractivity contribution is 0.650. The van der Waals surface area contributed by atoms with E-state index in [1.165, 1.54) is 139 Å². The standard InChI is InChI=1S/C68H55NO2/c1-36-16-15-17-37(2)64(36)69(38-22-24-40-44-32-54-46(34-52(44)67(7,8)50(40)30-38)60-48(65(54,3)4)26-28-58-62(60)42-18-11-13-20-56(42)70-58)39-23-25-41-45-33-55-47(35-53(45)68(9,10)51(41)31-39)61-49(66(55,5)6)27-29-59-63(61)43-19-12-14-21-57(43)71-59/h11-35H,1-10H3. The first kappa shape index (κ1) is 41.2. The number of nitrogens with zero attached hydrogens (tertiary/aromatic N) is 1. The number of aryl methyl sites for hydroxylation is 2. The predicted molar refractivity (Wildman–Crippen MR) is 295 cm³/mol. The van der Waals surface area contributed by atoms with Crippen LogP contribution in [0.2, 0.25) is 0 Å². The molecule has 4 aliphatic rings. The molecular weight excluding hydrogens is 863 g/mol. The van der Waals surface area contributed by atoms with Crippen LogP contribution in [-0.2, 0) is 21.7 Å². The molecule has 0 radical (unpaired) electrons. The van der Waals surface area contributed by atoms with Crippen LogP contribution in [0.5, 0.6) is 0 Å². The molecule has 2 heterocycles. The summed E-state index contributed by atoms with van der Waals surface area (Å²) in [5.41, 5.74) is 30.7. The predicted octanol–water partition coefficient (Wildman–Crippen LogP) is 18.8. The van der Waals surface area contributed by atoms with Crippen LogP contribution < -0.4 is 4.90 Å². The smallest absolute Gasteiger partial charge is 0.136 e. The van der Waals surface area contributed by atoms with Crippen molar-refractivity contribution in [2.24, 2.45) is 0 Å². The second-order valence-corrected chi connectivity index (χ2v) is 23.3. The largest absolute Gasteiger partial charge is 0.456 e. The Morgan fingerprint density at radius 1 is 0.324 bits per heavy atom. The number of benzene rings is 9. The molecule has 0 amide bonds. The second kappa shape index (κ2) is 13.2. The Balaban J connectivity index is 0.876. The van der Waals surface area contributed by atoms with Gasteiger partial charge in [0.05, 0.1) is 5.69 Å². The van der Waals surface area contributed by atoms with Gasteiger partial charge in [-0.1, -0.05) is 134 Å². The maximum atomic E-state index is 6.47. The van der Waals surface area contributed by atoms with E-state index in [4.69, 9.17) is 8.83 Å². The summed E-state index contributed by atoms with van der Waals surface area (Å²) in [6.45, 7) is 23.8. The highest BCUT2D eigenvalue weighted by Crippen LogP contribution is 2.61. The van der Waals surface area contributed by atoms with Crippen molar-refractivity contribution in [3.63, 3.8) is 0 Å². The van der Waals surface area contributed by atoms with E-state index in [0.717, 1.165) is 22.3 Å². The summed E-state index contributed by atoms with van der Waals surface area (Å²) >= 11 is 0. The third kappa shape index (κ3) is 5.04. The monoisotopic (exact) mass is 917 g/mol. The third-order valence-corrected chi connectivity index (χ3v) is 18.1. The van der Waals surface area contributed by atoms with Crippen LogP contribution in [0.15, 0.2) is 160 Å². The molecule has 0 N–H and O–H groups in total. The number of furan rings is 2. The summed E-state index contributed by atoms with van der Waals surface area (Å²) in [4.78, 5) is 2.55. The van der Waals surface area contributed by atoms with Gasteiger partial charge in [0.15, 0.2) is 0 Å². The van der Waals surface area contributed by atoms with Gasteiger partial charge < -0.3 is 13.7 Å². The van der Waals surface area contributed by atoms with Crippen LogP contribution in [0.1, 0.15) is 111 Å². The Kier molecular flexibility index (Phi) is 7.66. The number of hydrogen-bond acceptors (Lipinski definition) is 3. The Morgan fingerprint density at radius 3 is 1.15 bits per heavy atom. The minimum Gasteiger partial charge on any atom is -0.456 e. The van der Waals surface area contributed by atoms with Crippen molar-refractivity contribution in [1.29, 1.82) is 0 Å². The van der Waals surface area contributed by atoms with Gasteiger partial charge in [-0.05, 0) is 187 Å². The van der Waals surface area contributed by atoms with Crippen LogP contribution in [0.25, 0.3) is 88.4 Å². The van der Waals surface area contributed by atoms with Crippen molar-refractivity contribution in [3.8, 4) is 44.5 Å². The van der Waals surface area contributed by atoms with E-state index >= 15 is 0 Å². The first-order valence-corrected chi connectivity index (χ1v) is 25.5. The van der Waals surface area contributed by atoms with Gasteiger partial charge in [0.1, 0.15) is 22.3 Å². The van der Waals surface area contributed by atoms with Crippen LogP contribution >= 0.6 is 0 Å². The minimum atomic E-state index is -0.246. The van der Waals surface area contributed by atoms with Crippen molar-refractivity contribution >= 4 is 60.9 Å². The van der Waals surface area contributed by atoms with Gasteiger partial charge in [-0.2, -0.15) is 0 Å². The Bertz CT molecular complexity index is 3990. The number of fused-ring (bicyclic) bond motifs is 20. The number of para-hydroxylation sites is 3. The van der Waals surface area contributed by atoms with E-state index in [1.807, 2.05) is 0 Å². The summed E-state index contributed by atoms with van der Waals surface area (Å²) in [7, 11) is 0. The van der Waals surface area contributed by atoms with Crippen molar-refractivity contribution < 1.29 is 8.83 Å². The first-order chi connectivity index (χ1) is 34.0. The van der Waals surface area contributed by atoms with Crippen LogP contribution in [0.3, 0.4) is 0 Å². The highest BCUT2D eigenvalue weighted by molar-refractivity contribution is 6.16. The van der Waals surface area contributed by atoms with E-state index in [1.54, 1.807) is 0 Å². The van der Waals surface area contributed by atoms with Gasteiger partial charge in [0.2, 0.25) is 0 Å². The minimum absolute atomic E-state index is 0.165. The maximum Gasteiger partial charge on any atom is 0.136 e. The molecule has 3 heteroatoms. The molecule has 71 heavy (non-hydrogen) atoms. The number of anilines is 3. The maximum absolute atomic E-state index is 6.47. The fraction of sp³-hybridized carbons (Fsp3) is 0.206. The summed E-state index contributed by atoms with van der Waals surface area (Å²) in [5.74, 6) is 0. The summed E-state index contributed by atoms with van der Waals surface area (Å²) in [5, 5.41) is 4.83. The van der Waals surface area contributed by atoms with Crippen molar-refractivity contribution in [2.45, 2.75) is 90.9 Å². The zero-order valence-corrected chi connectivity index (χ0v) is 42.2. The highest BCUT2D eigenvalue weighted by Gasteiger charge is 2.45. The SMILES string of the molecule is Cc1cccc(C)c1N(c1ccc2c(c1)C(C)(C)c1cc3c(cc1-2)C(C)(C)c1ccc2oc4ccccc4c2c1-3)c1ccc2c(c1)C(C)(C)c1cc3c(cc1-2)C(C)(C)c1ccc2oc4ccccc4c2c1-3. The molecule has 0 saturated heterocycles. The van der Waals surface area contributed by atoms with Crippen LogP contribution in [0, 0.1) is 13.8 Å². The van der Waals surface area contributed by atoms with Gasteiger partial charge in [0, 0.05) is 54.6 Å². The average molecular weight is 918 g/mol. The molecule has 0 aliphatic heterocycles. The van der Waals surface area contributed by atoms with Gasteiger partial charge >= 0.3 is 0 Å². The Morgan fingerprint density at radius 2 is 0.704 bits per heavy atom. The number of rotatable bonds is 3. The van der Waals surface area contributed by atoms with Gasteiger partial charge in [-0.25, -0.2) is 0 Å². The quantitative estimate of drug-likeness (QED) is 0.177. The van der Waals surface area contributed by atoms with E-state index in [9.17, 15) is 0 Å². The van der Waals surface area contributed by atoms with Crippen molar-refractivity contribution in [3.05, 3.63) is 207 Å². The lowest BCUT2D eigenvalue weighted by Crippen LogP contribution is -2.19. The molecule has 0 atom stereocenters. The highest BCUT2D eigenvalue weighted by atomic mass is 16.3. The number of hydrogen-bond donors (Lipinski definition) is 0. The third-order valence-electron chi connectivity index (χ3n) is 18.1. The molecule has 9 aromatic carbocycles. The van der Waals surface area contributed by atoms with E-state index < -0.39 is 0 Å². The molecule has 0 fully saturated rings. The van der Waals surface area contributed by atoms with Gasteiger partial charge in [-0.15, -0.1) is 0 Å². The summed E-state index contributed by atoms with van der Waals surface area (Å²) < 4.78 is 12.9. The molecule has 11 aromatic rings. The average Bonchev–Trinajstić information content (AvgIpc) is 4.14. The molecule has 0 unspecified atom stereocenters. The van der Waals surface area contributed by atoms with E-state index in [0.29, 0.717) is 0 Å². The van der Waals surface area contributed by atoms with Crippen LogP contribution in [-0.4, -0.2) is 0 Å². The molecular formula is C68H55NO2. The molecule has 344 valence electrons. The normalized spacial score (nSPS) is 16.5. The molecule has 4 aliphatic carbocycles. The van der Waals surface area contributed by atoms with Gasteiger partial charge in [0.25, 0.3) is 0 Å². The molecule has 2 aromatic heterocycles. The molecule has 15 rings (SSSR count). The Labute approximate surface area is 415 Å². The lowest BCUT2D eigenvalue weighted by Gasteiger charge is -2.31.